The van der Waals surface area contributed by atoms with E-state index in [4.69, 9.17) is 4.74 Å². The molecule has 1 saturated heterocycles. The summed E-state index contributed by atoms with van der Waals surface area (Å²) in [4.78, 5) is 14.3. The molecule has 0 aromatic heterocycles. The van der Waals surface area contributed by atoms with E-state index in [0.717, 1.165) is 38.0 Å². The van der Waals surface area contributed by atoms with E-state index in [1.165, 1.54) is 10.5 Å². The van der Waals surface area contributed by atoms with E-state index in [-0.39, 0.29) is 5.97 Å². The molecule has 3 rings (SSSR count). The first-order chi connectivity index (χ1) is 12.7. The number of likely N-dealkylation sites (tertiary alicyclic amines) is 1. The van der Waals surface area contributed by atoms with Crippen molar-refractivity contribution in [3.05, 3.63) is 77.9 Å². The zero-order chi connectivity index (χ0) is 18.2. The Morgan fingerprint density at radius 3 is 2.27 bits per heavy atom. The second kappa shape index (κ2) is 8.81. The van der Waals surface area contributed by atoms with Crippen molar-refractivity contribution in [1.29, 1.82) is 0 Å². The summed E-state index contributed by atoms with van der Waals surface area (Å²) < 4.78 is 5.45. The average Bonchev–Trinajstić information content (AvgIpc) is 2.70. The number of ether oxygens (including phenoxy) is 1. The van der Waals surface area contributed by atoms with E-state index >= 15 is 0 Å². The van der Waals surface area contributed by atoms with Crippen molar-refractivity contribution in [1.82, 2.24) is 0 Å². The lowest BCUT2D eigenvalue weighted by Crippen LogP contribution is -3.13. The molecular weight excluding hydrogens is 322 g/mol. The van der Waals surface area contributed by atoms with Gasteiger partial charge in [0.05, 0.1) is 26.2 Å². The molecular formula is C23H28NO2+. The maximum Gasteiger partial charge on any atom is 0.317 e. The number of hydrogen-bond donors (Lipinski definition) is 1. The third kappa shape index (κ3) is 4.23. The number of piperidine rings is 1. The smallest absolute Gasteiger partial charge is 0.317 e. The molecule has 0 saturated carbocycles. The van der Waals surface area contributed by atoms with Crippen LogP contribution in [-0.4, -0.2) is 32.2 Å². The molecule has 3 nitrogen and oxygen atoms in total. The third-order valence-electron chi connectivity index (χ3n) is 5.32. The monoisotopic (exact) mass is 350 g/mol. The fourth-order valence-corrected chi connectivity index (χ4v) is 3.80. The minimum Gasteiger partial charge on any atom is -0.465 e. The average molecular weight is 350 g/mol. The van der Waals surface area contributed by atoms with E-state index in [9.17, 15) is 4.79 Å². The largest absolute Gasteiger partial charge is 0.465 e. The Bertz CT molecular complexity index is 716. The number of hydrogen-bond acceptors (Lipinski definition) is 2. The lowest BCUT2D eigenvalue weighted by Gasteiger charge is -2.38. The van der Waals surface area contributed by atoms with Gasteiger partial charge in [-0.2, -0.15) is 0 Å². The number of rotatable bonds is 6. The normalized spacial score (nSPS) is 23.0. The molecule has 1 N–H and O–H groups in total. The van der Waals surface area contributed by atoms with E-state index in [2.05, 4.69) is 48.6 Å². The summed E-state index contributed by atoms with van der Waals surface area (Å²) in [5.41, 5.74) is 1.84. The van der Waals surface area contributed by atoms with Crippen LogP contribution in [0.1, 0.15) is 30.9 Å². The van der Waals surface area contributed by atoms with Crippen LogP contribution in [0.25, 0.3) is 6.08 Å². The van der Waals surface area contributed by atoms with Crippen LogP contribution in [0, 0.1) is 0 Å². The minimum atomic E-state index is -0.482. The van der Waals surface area contributed by atoms with Gasteiger partial charge < -0.3 is 9.64 Å². The second-order valence-electron chi connectivity index (χ2n) is 6.94. The minimum absolute atomic E-state index is 0.0647. The summed E-state index contributed by atoms with van der Waals surface area (Å²) in [6.45, 7) is 5.26. The second-order valence-corrected chi connectivity index (χ2v) is 6.94. The molecule has 1 aliphatic heterocycles. The quantitative estimate of drug-likeness (QED) is 0.812. The van der Waals surface area contributed by atoms with Crippen molar-refractivity contribution < 1.29 is 14.4 Å². The topological polar surface area (TPSA) is 30.7 Å². The van der Waals surface area contributed by atoms with Crippen LogP contribution in [0.3, 0.4) is 0 Å². The van der Waals surface area contributed by atoms with E-state index in [0.29, 0.717) is 6.61 Å². The number of quaternary nitrogens is 1. The highest BCUT2D eigenvalue weighted by Gasteiger charge is 2.45. The Morgan fingerprint density at radius 2 is 1.65 bits per heavy atom. The molecule has 3 heteroatoms. The van der Waals surface area contributed by atoms with Crippen molar-refractivity contribution >= 4 is 12.0 Å². The third-order valence-corrected chi connectivity index (χ3v) is 5.32. The van der Waals surface area contributed by atoms with Gasteiger partial charge in [0.1, 0.15) is 5.41 Å². The van der Waals surface area contributed by atoms with Crippen LogP contribution in [0.5, 0.6) is 0 Å². The molecule has 1 fully saturated rings. The molecule has 136 valence electrons. The van der Waals surface area contributed by atoms with Crippen molar-refractivity contribution in [3.8, 4) is 0 Å². The molecule has 1 aliphatic rings. The Labute approximate surface area is 156 Å². The Morgan fingerprint density at radius 1 is 1.04 bits per heavy atom. The Hall–Kier alpha value is -2.39. The van der Waals surface area contributed by atoms with Crippen LogP contribution in [-0.2, 0) is 14.9 Å². The zero-order valence-electron chi connectivity index (χ0n) is 15.5. The zero-order valence-corrected chi connectivity index (χ0v) is 15.5. The molecule has 0 radical (unpaired) electrons. The van der Waals surface area contributed by atoms with E-state index in [1.807, 2.05) is 31.2 Å². The molecule has 0 bridgehead atoms. The fourth-order valence-electron chi connectivity index (χ4n) is 3.80. The first-order valence-corrected chi connectivity index (χ1v) is 9.52. The summed E-state index contributed by atoms with van der Waals surface area (Å²) in [7, 11) is 0. The molecule has 0 atom stereocenters. The van der Waals surface area contributed by atoms with Gasteiger partial charge in [0.25, 0.3) is 0 Å². The van der Waals surface area contributed by atoms with Gasteiger partial charge in [-0.1, -0.05) is 66.7 Å². The molecule has 1 heterocycles. The molecule has 2 aromatic carbocycles. The molecule has 0 unspecified atom stereocenters. The van der Waals surface area contributed by atoms with Gasteiger partial charge >= 0.3 is 5.97 Å². The first kappa shape index (κ1) is 18.4. The molecule has 0 aliphatic carbocycles. The van der Waals surface area contributed by atoms with Crippen LogP contribution in [0.15, 0.2) is 66.7 Å². The fraction of sp³-hybridized carbons (Fsp3) is 0.348. The highest BCUT2D eigenvalue weighted by molar-refractivity contribution is 5.83. The molecule has 0 spiro atoms. The standard InChI is InChI=1S/C23H27NO2/c1-2-26-22(25)23(21-13-7-4-8-14-21)15-18-24(19-16-23)17-9-12-20-10-5-3-6-11-20/h3-14H,2,15-19H2,1H3/p+1. The van der Waals surface area contributed by atoms with Gasteiger partial charge in [0.15, 0.2) is 0 Å². The maximum absolute atomic E-state index is 12.8. The van der Waals surface area contributed by atoms with Gasteiger partial charge in [-0.15, -0.1) is 0 Å². The van der Waals surface area contributed by atoms with Crippen LogP contribution >= 0.6 is 0 Å². The van der Waals surface area contributed by atoms with Crippen molar-refractivity contribution in [2.45, 2.75) is 25.2 Å². The van der Waals surface area contributed by atoms with E-state index < -0.39 is 5.41 Å². The molecule has 0 amide bonds. The summed E-state index contributed by atoms with van der Waals surface area (Å²) in [6.07, 6.45) is 6.09. The van der Waals surface area contributed by atoms with Gasteiger partial charge in [0, 0.05) is 12.8 Å². The van der Waals surface area contributed by atoms with E-state index in [1.54, 1.807) is 0 Å². The Balaban J connectivity index is 1.65. The van der Waals surface area contributed by atoms with Gasteiger partial charge in [-0.05, 0) is 24.1 Å². The number of carbonyl (C=O) groups is 1. The molecule has 26 heavy (non-hydrogen) atoms. The predicted octanol–water partition coefficient (Wildman–Crippen LogP) is 2.88. The number of esters is 1. The van der Waals surface area contributed by atoms with Crippen molar-refractivity contribution in [3.63, 3.8) is 0 Å². The first-order valence-electron chi connectivity index (χ1n) is 9.52. The maximum atomic E-state index is 12.8. The highest BCUT2D eigenvalue weighted by atomic mass is 16.5. The predicted molar refractivity (Wildman–Crippen MR) is 105 cm³/mol. The number of benzene rings is 2. The van der Waals surface area contributed by atoms with Gasteiger partial charge in [0.2, 0.25) is 0 Å². The van der Waals surface area contributed by atoms with Crippen LogP contribution in [0.4, 0.5) is 0 Å². The molecule has 2 aromatic rings. The van der Waals surface area contributed by atoms with Crippen molar-refractivity contribution in [2.75, 3.05) is 26.2 Å². The Kier molecular flexibility index (Phi) is 6.24. The lowest BCUT2D eigenvalue weighted by atomic mass is 9.72. The highest BCUT2D eigenvalue weighted by Crippen LogP contribution is 2.34. The number of carbonyl (C=O) groups excluding carboxylic acids is 1. The summed E-state index contributed by atoms with van der Waals surface area (Å²) in [6, 6.07) is 20.5. The number of nitrogens with one attached hydrogen (secondary N) is 1. The van der Waals surface area contributed by atoms with Gasteiger partial charge in [-0.3, -0.25) is 4.79 Å². The van der Waals surface area contributed by atoms with Gasteiger partial charge in [-0.25, -0.2) is 0 Å². The van der Waals surface area contributed by atoms with Crippen LogP contribution < -0.4 is 4.90 Å². The van der Waals surface area contributed by atoms with Crippen molar-refractivity contribution in [2.24, 2.45) is 0 Å². The van der Waals surface area contributed by atoms with Crippen LogP contribution in [0.2, 0.25) is 0 Å². The lowest BCUT2D eigenvalue weighted by molar-refractivity contribution is -0.900. The summed E-state index contributed by atoms with van der Waals surface area (Å²) in [5.74, 6) is -0.0647. The summed E-state index contributed by atoms with van der Waals surface area (Å²) >= 11 is 0. The summed E-state index contributed by atoms with van der Waals surface area (Å²) in [5, 5.41) is 0. The SMILES string of the molecule is CCOC(=O)C1(c2ccccc2)CC[NH+](CC=Cc2ccccc2)CC1.